The molecule has 1 aromatic heterocycles. The van der Waals surface area contributed by atoms with E-state index in [4.69, 9.17) is 5.73 Å². The van der Waals surface area contributed by atoms with E-state index in [1.807, 2.05) is 32.0 Å². The highest BCUT2D eigenvalue weighted by Gasteiger charge is 2.26. The number of hydrogen-bond donors (Lipinski definition) is 1. The Balaban J connectivity index is 1.77. The molecule has 1 aliphatic heterocycles. The molecule has 2 N–H and O–H groups in total. The molecule has 142 valence electrons. The normalized spacial score (nSPS) is 15.0. The van der Waals surface area contributed by atoms with Crippen molar-refractivity contribution in [3.8, 4) is 11.3 Å². The van der Waals surface area contributed by atoms with Crippen LogP contribution in [0.4, 0.5) is 0 Å². The number of benzene rings is 1. The monoisotopic (exact) mass is 368 g/mol. The van der Waals surface area contributed by atoms with Gasteiger partial charge in [0, 0.05) is 30.6 Å². The van der Waals surface area contributed by atoms with Crippen LogP contribution in [0.25, 0.3) is 11.3 Å². The first-order valence-electron chi connectivity index (χ1n) is 9.08. The smallest absolute Gasteiger partial charge is 0.267 e. The lowest BCUT2D eigenvalue weighted by Gasteiger charge is -2.30. The van der Waals surface area contributed by atoms with Crippen LogP contribution in [0.3, 0.4) is 0 Å². The van der Waals surface area contributed by atoms with Gasteiger partial charge in [-0.25, -0.2) is 4.68 Å². The van der Waals surface area contributed by atoms with Crippen molar-refractivity contribution in [2.75, 3.05) is 13.1 Å². The van der Waals surface area contributed by atoms with Crippen LogP contribution in [0.5, 0.6) is 0 Å². The number of nitrogens with two attached hydrogens (primary N) is 1. The first-order valence-corrected chi connectivity index (χ1v) is 9.08. The number of carbonyl (C=O) groups is 2. The second-order valence-corrected chi connectivity index (χ2v) is 7.09. The molecule has 1 aromatic carbocycles. The predicted octanol–water partition coefficient (Wildman–Crippen LogP) is 1.25. The van der Waals surface area contributed by atoms with Gasteiger partial charge in [-0.15, -0.1) is 0 Å². The number of rotatable bonds is 4. The lowest BCUT2D eigenvalue weighted by Crippen LogP contribution is -2.44. The zero-order chi connectivity index (χ0) is 19.6. The van der Waals surface area contributed by atoms with Crippen molar-refractivity contribution in [1.29, 1.82) is 0 Å². The SMILES string of the molecule is Cc1ccc(C)c(-c2ccc(=O)n(CC(=O)N3CCC(C(N)=O)CC3)n2)c1. The average Bonchev–Trinajstić information content (AvgIpc) is 2.65. The van der Waals surface area contributed by atoms with E-state index in [9.17, 15) is 14.4 Å². The number of aryl methyl sites for hydroxylation is 2. The molecule has 0 aliphatic carbocycles. The number of nitrogens with zero attached hydrogens (tertiary/aromatic N) is 3. The van der Waals surface area contributed by atoms with Gasteiger partial charge in [-0.1, -0.05) is 17.7 Å². The molecular weight excluding hydrogens is 344 g/mol. The van der Waals surface area contributed by atoms with E-state index in [2.05, 4.69) is 5.10 Å². The molecule has 0 saturated carbocycles. The van der Waals surface area contributed by atoms with Gasteiger partial charge in [0.1, 0.15) is 6.54 Å². The standard InChI is InChI=1S/C20H24N4O3/c1-13-3-4-14(2)16(11-13)17-5-6-18(25)24(22-17)12-19(26)23-9-7-15(8-10-23)20(21)27/h3-6,11,15H,7-10,12H2,1-2H3,(H2,21,27). The van der Waals surface area contributed by atoms with Gasteiger partial charge in [0.25, 0.3) is 5.56 Å². The van der Waals surface area contributed by atoms with Gasteiger partial charge in [0.2, 0.25) is 11.8 Å². The molecule has 1 saturated heterocycles. The Morgan fingerprint density at radius 2 is 1.85 bits per heavy atom. The largest absolute Gasteiger partial charge is 0.369 e. The third-order valence-corrected chi connectivity index (χ3v) is 5.07. The van der Waals surface area contributed by atoms with Gasteiger partial charge in [-0.2, -0.15) is 5.10 Å². The predicted molar refractivity (Wildman–Crippen MR) is 102 cm³/mol. The van der Waals surface area contributed by atoms with Crippen LogP contribution in [-0.4, -0.2) is 39.6 Å². The van der Waals surface area contributed by atoms with Crippen LogP contribution in [0.1, 0.15) is 24.0 Å². The summed E-state index contributed by atoms with van der Waals surface area (Å²) in [6, 6.07) is 9.17. The van der Waals surface area contributed by atoms with Gasteiger partial charge in [-0.05, 0) is 44.4 Å². The van der Waals surface area contributed by atoms with Crippen LogP contribution in [0.15, 0.2) is 35.1 Å². The molecule has 1 aliphatic rings. The zero-order valence-electron chi connectivity index (χ0n) is 15.6. The minimum Gasteiger partial charge on any atom is -0.369 e. The summed E-state index contributed by atoms with van der Waals surface area (Å²) in [7, 11) is 0. The van der Waals surface area contributed by atoms with Crippen LogP contribution < -0.4 is 11.3 Å². The van der Waals surface area contributed by atoms with Crippen LogP contribution in [-0.2, 0) is 16.1 Å². The minimum atomic E-state index is -0.318. The third kappa shape index (κ3) is 4.24. The van der Waals surface area contributed by atoms with Crippen LogP contribution in [0.2, 0.25) is 0 Å². The van der Waals surface area contributed by atoms with Crippen molar-refractivity contribution in [2.45, 2.75) is 33.2 Å². The molecule has 27 heavy (non-hydrogen) atoms. The Kier molecular flexibility index (Phi) is 5.39. The maximum Gasteiger partial charge on any atom is 0.267 e. The van der Waals surface area contributed by atoms with Crippen LogP contribution in [0, 0.1) is 19.8 Å². The summed E-state index contributed by atoms with van der Waals surface area (Å²) in [5, 5.41) is 4.41. The molecule has 0 bridgehead atoms. The zero-order valence-corrected chi connectivity index (χ0v) is 15.6. The highest BCUT2D eigenvalue weighted by atomic mass is 16.2. The number of carbonyl (C=O) groups excluding carboxylic acids is 2. The molecule has 0 spiro atoms. The molecule has 0 radical (unpaired) electrons. The van der Waals surface area contributed by atoms with Gasteiger partial charge in [0.05, 0.1) is 5.69 Å². The fourth-order valence-electron chi connectivity index (χ4n) is 3.36. The van der Waals surface area contributed by atoms with Gasteiger partial charge < -0.3 is 10.6 Å². The number of hydrogen-bond acceptors (Lipinski definition) is 4. The lowest BCUT2D eigenvalue weighted by molar-refractivity contribution is -0.135. The summed E-state index contributed by atoms with van der Waals surface area (Å²) in [5.41, 5.74) is 8.77. The summed E-state index contributed by atoms with van der Waals surface area (Å²) in [6.45, 7) is 4.81. The number of primary amides is 1. The fourth-order valence-corrected chi connectivity index (χ4v) is 3.36. The average molecular weight is 368 g/mol. The summed E-state index contributed by atoms with van der Waals surface area (Å²) >= 11 is 0. The molecule has 2 aromatic rings. The van der Waals surface area contributed by atoms with E-state index in [0.29, 0.717) is 31.6 Å². The fraction of sp³-hybridized carbons (Fsp3) is 0.400. The molecule has 7 heteroatoms. The van der Waals surface area contributed by atoms with Crippen molar-refractivity contribution < 1.29 is 9.59 Å². The van der Waals surface area contributed by atoms with Crippen LogP contribution >= 0.6 is 0 Å². The lowest BCUT2D eigenvalue weighted by atomic mass is 9.96. The Morgan fingerprint density at radius 1 is 1.15 bits per heavy atom. The van der Waals surface area contributed by atoms with E-state index in [1.165, 1.54) is 10.7 Å². The second kappa shape index (κ2) is 7.73. The van der Waals surface area contributed by atoms with Gasteiger partial charge >= 0.3 is 0 Å². The van der Waals surface area contributed by atoms with E-state index < -0.39 is 0 Å². The van der Waals surface area contributed by atoms with Gasteiger partial charge in [0.15, 0.2) is 0 Å². The number of likely N-dealkylation sites (tertiary alicyclic amines) is 1. The van der Waals surface area contributed by atoms with Gasteiger partial charge in [-0.3, -0.25) is 14.4 Å². The Labute approximate surface area is 157 Å². The first-order chi connectivity index (χ1) is 12.8. The van der Waals surface area contributed by atoms with Crippen molar-refractivity contribution in [3.05, 3.63) is 51.8 Å². The Hall–Kier alpha value is -2.96. The summed E-state index contributed by atoms with van der Waals surface area (Å²) in [6.07, 6.45) is 1.12. The summed E-state index contributed by atoms with van der Waals surface area (Å²) in [4.78, 5) is 37.7. The molecule has 0 atom stereocenters. The van der Waals surface area contributed by atoms with E-state index in [-0.39, 0.29) is 29.8 Å². The number of aromatic nitrogens is 2. The molecule has 7 nitrogen and oxygen atoms in total. The molecule has 2 amide bonds. The quantitative estimate of drug-likeness (QED) is 0.878. The highest BCUT2D eigenvalue weighted by Crippen LogP contribution is 2.22. The van der Waals surface area contributed by atoms with Crippen molar-refractivity contribution in [3.63, 3.8) is 0 Å². The molecule has 3 rings (SSSR count). The topological polar surface area (TPSA) is 98.3 Å². The van der Waals surface area contributed by atoms with E-state index in [0.717, 1.165) is 16.7 Å². The molecule has 1 fully saturated rings. The summed E-state index contributed by atoms with van der Waals surface area (Å²) in [5.74, 6) is -0.672. The maximum absolute atomic E-state index is 12.6. The third-order valence-electron chi connectivity index (χ3n) is 5.07. The molecule has 0 unspecified atom stereocenters. The first kappa shape index (κ1) is 18.8. The molecular formula is C20H24N4O3. The second-order valence-electron chi connectivity index (χ2n) is 7.09. The maximum atomic E-state index is 12.6. The number of piperidine rings is 1. The Morgan fingerprint density at radius 3 is 2.52 bits per heavy atom. The van der Waals surface area contributed by atoms with Crippen molar-refractivity contribution >= 4 is 11.8 Å². The highest BCUT2D eigenvalue weighted by molar-refractivity contribution is 5.78. The summed E-state index contributed by atoms with van der Waals surface area (Å²) < 4.78 is 1.21. The van der Waals surface area contributed by atoms with Crippen molar-refractivity contribution in [1.82, 2.24) is 14.7 Å². The van der Waals surface area contributed by atoms with E-state index in [1.54, 1.807) is 11.0 Å². The van der Waals surface area contributed by atoms with Crippen molar-refractivity contribution in [2.24, 2.45) is 11.7 Å². The molecule has 2 heterocycles. The number of amides is 2. The minimum absolute atomic E-state index is 0.112. The van der Waals surface area contributed by atoms with E-state index >= 15 is 0 Å². The Bertz CT molecular complexity index is 927.